The third-order valence-electron chi connectivity index (χ3n) is 3.75. The van der Waals surface area contributed by atoms with E-state index in [2.05, 4.69) is 17.6 Å². The Kier molecular flexibility index (Phi) is 5.92. The minimum Gasteiger partial charge on any atom is -0.392 e. The maximum absolute atomic E-state index is 12.1. The number of nitrogens with one attached hydrogen (secondary N) is 2. The van der Waals surface area contributed by atoms with Crippen molar-refractivity contribution in [3.63, 3.8) is 0 Å². The average Bonchev–Trinajstić information content (AvgIpc) is 2.77. The van der Waals surface area contributed by atoms with E-state index >= 15 is 0 Å². The summed E-state index contributed by atoms with van der Waals surface area (Å²) in [5.74, 6) is 0.219. The Labute approximate surface area is 104 Å². The lowest BCUT2D eigenvalue weighted by Crippen LogP contribution is -2.42. The van der Waals surface area contributed by atoms with Gasteiger partial charge in [0.2, 0.25) is 5.91 Å². The summed E-state index contributed by atoms with van der Waals surface area (Å²) >= 11 is 0. The number of hydrogen-bond acceptors (Lipinski definition) is 3. The van der Waals surface area contributed by atoms with Crippen molar-refractivity contribution in [2.45, 2.75) is 52.1 Å². The third-order valence-corrected chi connectivity index (χ3v) is 3.75. The highest BCUT2D eigenvalue weighted by Gasteiger charge is 2.38. The molecule has 0 aromatic rings. The molecule has 1 saturated carbocycles. The van der Waals surface area contributed by atoms with Gasteiger partial charge in [-0.25, -0.2) is 0 Å². The topological polar surface area (TPSA) is 61.4 Å². The molecule has 3 N–H and O–H groups in total. The van der Waals surface area contributed by atoms with Crippen LogP contribution in [0.4, 0.5) is 0 Å². The van der Waals surface area contributed by atoms with Gasteiger partial charge in [0.05, 0.1) is 6.10 Å². The number of rotatable bonds is 7. The van der Waals surface area contributed by atoms with E-state index in [-0.39, 0.29) is 17.4 Å². The molecule has 4 nitrogen and oxygen atoms in total. The van der Waals surface area contributed by atoms with E-state index in [1.807, 2.05) is 0 Å². The molecule has 0 saturated heterocycles. The summed E-state index contributed by atoms with van der Waals surface area (Å²) < 4.78 is 0. The zero-order chi connectivity index (χ0) is 12.7. The minimum atomic E-state index is -0.331. The fraction of sp³-hybridized carbons (Fsp3) is 0.923. The second-order valence-electron chi connectivity index (χ2n) is 5.15. The van der Waals surface area contributed by atoms with Crippen LogP contribution in [-0.2, 0) is 4.79 Å². The van der Waals surface area contributed by atoms with E-state index in [9.17, 15) is 4.79 Å². The normalized spacial score (nSPS) is 20.2. The first kappa shape index (κ1) is 14.5. The van der Waals surface area contributed by atoms with Crippen molar-refractivity contribution >= 4 is 5.91 Å². The smallest absolute Gasteiger partial charge is 0.226 e. The number of aliphatic hydroxyl groups excluding tert-OH is 1. The van der Waals surface area contributed by atoms with Gasteiger partial charge in [-0.3, -0.25) is 4.79 Å². The minimum absolute atomic E-state index is 0.0930. The molecule has 1 rings (SSSR count). The van der Waals surface area contributed by atoms with Crippen molar-refractivity contribution in [2.75, 3.05) is 19.6 Å². The van der Waals surface area contributed by atoms with Gasteiger partial charge in [0.25, 0.3) is 0 Å². The number of carbonyl (C=O) groups excluding carboxylic acids is 1. The fourth-order valence-corrected chi connectivity index (χ4v) is 2.56. The van der Waals surface area contributed by atoms with Crippen LogP contribution in [-0.4, -0.2) is 36.8 Å². The van der Waals surface area contributed by atoms with Crippen LogP contribution in [0.5, 0.6) is 0 Å². The van der Waals surface area contributed by atoms with Crippen LogP contribution < -0.4 is 10.6 Å². The van der Waals surface area contributed by atoms with E-state index in [4.69, 9.17) is 5.11 Å². The van der Waals surface area contributed by atoms with E-state index in [1.54, 1.807) is 6.92 Å². The lowest BCUT2D eigenvalue weighted by Gasteiger charge is -2.26. The molecule has 1 aliphatic rings. The molecule has 1 atom stereocenters. The molecular weight excluding hydrogens is 216 g/mol. The monoisotopic (exact) mass is 242 g/mol. The van der Waals surface area contributed by atoms with Gasteiger partial charge in [0.1, 0.15) is 0 Å². The first-order chi connectivity index (χ1) is 8.10. The molecular formula is C13H26N2O2. The van der Waals surface area contributed by atoms with Crippen molar-refractivity contribution in [1.29, 1.82) is 0 Å². The van der Waals surface area contributed by atoms with Crippen molar-refractivity contribution in [1.82, 2.24) is 10.6 Å². The molecule has 1 fully saturated rings. The second kappa shape index (κ2) is 6.97. The maximum Gasteiger partial charge on any atom is 0.226 e. The second-order valence-corrected chi connectivity index (χ2v) is 5.15. The van der Waals surface area contributed by atoms with E-state index in [1.165, 1.54) is 12.8 Å². The summed E-state index contributed by atoms with van der Waals surface area (Å²) in [6.45, 7) is 5.80. The standard InChI is InChI=1S/C13H26N2O2/c1-3-13(6-4-5-7-13)12(17)15-9-8-14-10-11(2)16/h11,14,16H,3-10H2,1-2H3,(H,15,17). The van der Waals surface area contributed by atoms with Gasteiger partial charge < -0.3 is 15.7 Å². The first-order valence-electron chi connectivity index (χ1n) is 6.78. The Balaban J connectivity index is 2.20. The molecule has 1 amide bonds. The maximum atomic E-state index is 12.1. The Hall–Kier alpha value is -0.610. The van der Waals surface area contributed by atoms with E-state index in [0.29, 0.717) is 13.1 Å². The van der Waals surface area contributed by atoms with Crippen LogP contribution in [0.3, 0.4) is 0 Å². The zero-order valence-electron chi connectivity index (χ0n) is 11.1. The van der Waals surface area contributed by atoms with Crippen LogP contribution in [0.15, 0.2) is 0 Å². The predicted octanol–water partition coefficient (Wildman–Crippen LogP) is 1.04. The van der Waals surface area contributed by atoms with Crippen LogP contribution in [0, 0.1) is 5.41 Å². The van der Waals surface area contributed by atoms with Crippen LogP contribution in [0.25, 0.3) is 0 Å². The molecule has 0 aromatic carbocycles. The SMILES string of the molecule is CCC1(C(=O)NCCNCC(C)O)CCCC1. The Morgan fingerprint density at radius 1 is 1.35 bits per heavy atom. The van der Waals surface area contributed by atoms with Gasteiger partial charge in [-0.1, -0.05) is 19.8 Å². The van der Waals surface area contributed by atoms with Gasteiger partial charge in [0.15, 0.2) is 0 Å². The third kappa shape index (κ3) is 4.28. The highest BCUT2D eigenvalue weighted by molar-refractivity contribution is 5.82. The van der Waals surface area contributed by atoms with Crippen molar-refractivity contribution in [3.8, 4) is 0 Å². The first-order valence-corrected chi connectivity index (χ1v) is 6.78. The predicted molar refractivity (Wildman–Crippen MR) is 68.8 cm³/mol. The molecule has 17 heavy (non-hydrogen) atoms. The largest absolute Gasteiger partial charge is 0.392 e. The van der Waals surface area contributed by atoms with Gasteiger partial charge in [0, 0.05) is 25.0 Å². The molecule has 0 spiro atoms. The highest BCUT2D eigenvalue weighted by Crippen LogP contribution is 2.40. The summed E-state index contributed by atoms with van der Waals surface area (Å²) in [5, 5.41) is 15.2. The van der Waals surface area contributed by atoms with Gasteiger partial charge in [-0.15, -0.1) is 0 Å². The van der Waals surface area contributed by atoms with E-state index < -0.39 is 0 Å². The number of aliphatic hydroxyl groups is 1. The zero-order valence-corrected chi connectivity index (χ0v) is 11.1. The summed E-state index contributed by atoms with van der Waals surface area (Å²) in [6.07, 6.45) is 5.05. The average molecular weight is 242 g/mol. The van der Waals surface area contributed by atoms with Crippen LogP contribution in [0.2, 0.25) is 0 Å². The summed E-state index contributed by atoms with van der Waals surface area (Å²) in [6, 6.07) is 0. The molecule has 0 heterocycles. The van der Waals surface area contributed by atoms with Gasteiger partial charge in [-0.2, -0.15) is 0 Å². The van der Waals surface area contributed by atoms with Crippen molar-refractivity contribution in [2.24, 2.45) is 5.41 Å². The van der Waals surface area contributed by atoms with Crippen LogP contribution >= 0.6 is 0 Å². The summed E-state index contributed by atoms with van der Waals surface area (Å²) in [5.41, 5.74) is -0.0930. The summed E-state index contributed by atoms with van der Waals surface area (Å²) in [7, 11) is 0. The van der Waals surface area contributed by atoms with E-state index in [0.717, 1.165) is 25.8 Å². The highest BCUT2D eigenvalue weighted by atomic mass is 16.3. The molecule has 0 aromatic heterocycles. The number of hydrogen-bond donors (Lipinski definition) is 3. The quantitative estimate of drug-likeness (QED) is 0.585. The van der Waals surface area contributed by atoms with Crippen LogP contribution in [0.1, 0.15) is 46.0 Å². The molecule has 0 bridgehead atoms. The number of amides is 1. The molecule has 0 radical (unpaired) electrons. The van der Waals surface area contributed by atoms with Gasteiger partial charge in [-0.05, 0) is 26.2 Å². The Morgan fingerprint density at radius 3 is 2.53 bits per heavy atom. The molecule has 4 heteroatoms. The van der Waals surface area contributed by atoms with Gasteiger partial charge >= 0.3 is 0 Å². The molecule has 1 aliphatic carbocycles. The van der Waals surface area contributed by atoms with Crippen molar-refractivity contribution < 1.29 is 9.90 Å². The number of carbonyl (C=O) groups is 1. The van der Waals surface area contributed by atoms with Crippen molar-refractivity contribution in [3.05, 3.63) is 0 Å². The summed E-state index contributed by atoms with van der Waals surface area (Å²) in [4.78, 5) is 12.1. The Morgan fingerprint density at radius 2 is 2.00 bits per heavy atom. The molecule has 0 aliphatic heterocycles. The lowest BCUT2D eigenvalue weighted by molar-refractivity contribution is -0.130. The molecule has 1 unspecified atom stereocenters. The Bertz CT molecular complexity index is 236. The fourth-order valence-electron chi connectivity index (χ4n) is 2.56. The lowest BCUT2D eigenvalue weighted by atomic mass is 9.82. The molecule has 100 valence electrons.